The van der Waals surface area contributed by atoms with Gasteiger partial charge in [-0.15, -0.1) is 0 Å². The fourth-order valence-corrected chi connectivity index (χ4v) is 3.15. The average Bonchev–Trinajstić information content (AvgIpc) is 2.25. The van der Waals surface area contributed by atoms with Gasteiger partial charge in [0.05, 0.1) is 0 Å². The zero-order valence-corrected chi connectivity index (χ0v) is 11.6. The van der Waals surface area contributed by atoms with E-state index >= 15 is 0 Å². The van der Waals surface area contributed by atoms with Crippen molar-refractivity contribution >= 4 is 11.8 Å². The predicted octanol–water partition coefficient (Wildman–Crippen LogP) is 1.69. The van der Waals surface area contributed by atoms with Crippen LogP contribution in [0.1, 0.15) is 51.4 Å². The van der Waals surface area contributed by atoms with Gasteiger partial charge in [0.15, 0.2) is 0 Å². The minimum Gasteiger partial charge on any atom is -0.353 e. The second-order valence-corrected chi connectivity index (χ2v) is 6.36. The Kier molecular flexibility index (Phi) is 3.76. The molecule has 0 atom stereocenters. The molecule has 106 valence electrons. The predicted molar refractivity (Wildman–Crippen MR) is 72.4 cm³/mol. The number of hydrogen-bond acceptors (Lipinski definition) is 2. The van der Waals surface area contributed by atoms with Crippen LogP contribution in [0.3, 0.4) is 0 Å². The van der Waals surface area contributed by atoms with Gasteiger partial charge in [0.2, 0.25) is 11.8 Å². The maximum Gasteiger partial charge on any atom is 0.225 e. The van der Waals surface area contributed by atoms with Crippen molar-refractivity contribution < 1.29 is 9.59 Å². The summed E-state index contributed by atoms with van der Waals surface area (Å²) in [4.78, 5) is 26.0. The molecule has 19 heavy (non-hydrogen) atoms. The zero-order valence-electron chi connectivity index (χ0n) is 11.6. The summed E-state index contributed by atoms with van der Waals surface area (Å²) in [5, 5.41) is 3.16. The van der Waals surface area contributed by atoms with Gasteiger partial charge in [-0.3, -0.25) is 9.59 Å². The van der Waals surface area contributed by atoms with Crippen LogP contribution in [0.5, 0.6) is 0 Å². The van der Waals surface area contributed by atoms with Crippen molar-refractivity contribution in [3.63, 3.8) is 0 Å². The van der Waals surface area contributed by atoms with Gasteiger partial charge in [0, 0.05) is 31.0 Å². The summed E-state index contributed by atoms with van der Waals surface area (Å²) in [6.45, 7) is 1.65. The molecule has 0 bridgehead atoms. The topological polar surface area (TPSA) is 49.4 Å². The maximum absolute atomic E-state index is 12.1. The molecule has 3 fully saturated rings. The number of amides is 2. The largest absolute Gasteiger partial charge is 0.353 e. The molecule has 1 N–H and O–H groups in total. The second kappa shape index (κ2) is 5.51. The third kappa shape index (κ3) is 2.77. The molecule has 0 aromatic heterocycles. The lowest BCUT2D eigenvalue weighted by Gasteiger charge is -2.37. The summed E-state index contributed by atoms with van der Waals surface area (Å²) in [6, 6.07) is 0.290. The van der Waals surface area contributed by atoms with Gasteiger partial charge in [-0.2, -0.15) is 0 Å². The van der Waals surface area contributed by atoms with E-state index in [4.69, 9.17) is 0 Å². The summed E-state index contributed by atoms with van der Waals surface area (Å²) in [7, 11) is 0. The number of rotatable bonds is 3. The molecule has 0 radical (unpaired) electrons. The van der Waals surface area contributed by atoms with Gasteiger partial charge >= 0.3 is 0 Å². The summed E-state index contributed by atoms with van der Waals surface area (Å²) in [5.41, 5.74) is 0. The Hall–Kier alpha value is -1.06. The molecule has 0 spiro atoms. The number of likely N-dealkylation sites (tertiary alicyclic amines) is 1. The third-order valence-corrected chi connectivity index (χ3v) is 5.08. The lowest BCUT2D eigenvalue weighted by Crippen LogP contribution is -2.50. The van der Waals surface area contributed by atoms with E-state index in [0.717, 1.165) is 51.6 Å². The van der Waals surface area contributed by atoms with E-state index in [9.17, 15) is 9.59 Å². The molecule has 1 heterocycles. The first-order chi connectivity index (χ1) is 9.24. The highest BCUT2D eigenvalue weighted by Crippen LogP contribution is 2.30. The molecule has 0 unspecified atom stereocenters. The highest BCUT2D eigenvalue weighted by Gasteiger charge is 2.33. The van der Waals surface area contributed by atoms with Crippen LogP contribution < -0.4 is 5.32 Å². The van der Waals surface area contributed by atoms with E-state index in [-0.39, 0.29) is 11.8 Å². The van der Waals surface area contributed by atoms with Crippen LogP contribution in [0.15, 0.2) is 0 Å². The Morgan fingerprint density at radius 3 is 1.89 bits per heavy atom. The first kappa shape index (κ1) is 12.9. The van der Waals surface area contributed by atoms with Crippen LogP contribution in [-0.2, 0) is 9.59 Å². The number of nitrogens with zero attached hydrogens (tertiary/aromatic N) is 1. The zero-order chi connectivity index (χ0) is 13.2. The van der Waals surface area contributed by atoms with Gasteiger partial charge < -0.3 is 10.2 Å². The number of carbonyl (C=O) groups excluding carboxylic acids is 2. The van der Waals surface area contributed by atoms with E-state index in [0.29, 0.717) is 17.9 Å². The molecule has 0 aromatic carbocycles. The lowest BCUT2D eigenvalue weighted by atomic mass is 9.83. The summed E-state index contributed by atoms with van der Waals surface area (Å²) >= 11 is 0. The highest BCUT2D eigenvalue weighted by molar-refractivity contribution is 5.80. The minimum atomic E-state index is 0.245. The molecule has 1 saturated heterocycles. The molecule has 0 aromatic rings. The maximum atomic E-state index is 12.1. The van der Waals surface area contributed by atoms with Gasteiger partial charge in [-0.25, -0.2) is 0 Å². The summed E-state index contributed by atoms with van der Waals surface area (Å²) in [6.07, 6.45) is 8.55. The fraction of sp³-hybridized carbons (Fsp3) is 0.867. The van der Waals surface area contributed by atoms with Crippen molar-refractivity contribution in [1.82, 2.24) is 10.2 Å². The highest BCUT2D eigenvalue weighted by atomic mass is 16.2. The van der Waals surface area contributed by atoms with Crippen LogP contribution in [0.25, 0.3) is 0 Å². The third-order valence-electron chi connectivity index (χ3n) is 5.08. The number of nitrogens with one attached hydrogen (secondary N) is 1. The van der Waals surface area contributed by atoms with E-state index in [1.165, 1.54) is 12.8 Å². The Balaban J connectivity index is 1.41. The van der Waals surface area contributed by atoms with Crippen molar-refractivity contribution in [2.45, 2.75) is 57.4 Å². The molecule has 4 heteroatoms. The Morgan fingerprint density at radius 1 is 0.842 bits per heavy atom. The van der Waals surface area contributed by atoms with Crippen LogP contribution >= 0.6 is 0 Å². The van der Waals surface area contributed by atoms with Gasteiger partial charge in [0.1, 0.15) is 0 Å². The monoisotopic (exact) mass is 264 g/mol. The Bertz CT molecular complexity index is 353. The van der Waals surface area contributed by atoms with Gasteiger partial charge in [0.25, 0.3) is 0 Å². The first-order valence-corrected chi connectivity index (χ1v) is 7.83. The summed E-state index contributed by atoms with van der Waals surface area (Å²) in [5.74, 6) is 1.18. The molecular weight excluding hydrogens is 240 g/mol. The molecule has 3 rings (SSSR count). The van der Waals surface area contributed by atoms with Crippen LogP contribution in [0.4, 0.5) is 0 Å². The van der Waals surface area contributed by atoms with Crippen LogP contribution in [0.2, 0.25) is 0 Å². The smallest absolute Gasteiger partial charge is 0.225 e. The van der Waals surface area contributed by atoms with Crippen molar-refractivity contribution in [2.24, 2.45) is 11.8 Å². The molecule has 1 aliphatic heterocycles. The summed E-state index contributed by atoms with van der Waals surface area (Å²) < 4.78 is 0. The molecule has 2 amide bonds. The minimum absolute atomic E-state index is 0.245. The van der Waals surface area contributed by atoms with Crippen LogP contribution in [0, 0.1) is 11.8 Å². The average molecular weight is 264 g/mol. The van der Waals surface area contributed by atoms with E-state index < -0.39 is 0 Å². The van der Waals surface area contributed by atoms with Crippen molar-refractivity contribution in [3.05, 3.63) is 0 Å². The van der Waals surface area contributed by atoms with E-state index in [1.54, 1.807) is 0 Å². The molecule has 3 aliphatic rings. The molecule has 4 nitrogen and oxygen atoms in total. The fourth-order valence-electron chi connectivity index (χ4n) is 3.15. The first-order valence-electron chi connectivity index (χ1n) is 7.83. The number of piperidine rings is 1. The van der Waals surface area contributed by atoms with Crippen LogP contribution in [-0.4, -0.2) is 35.8 Å². The van der Waals surface area contributed by atoms with Crippen molar-refractivity contribution in [2.75, 3.05) is 13.1 Å². The number of carbonyl (C=O) groups is 2. The lowest BCUT2D eigenvalue weighted by molar-refractivity contribution is -0.139. The van der Waals surface area contributed by atoms with Gasteiger partial charge in [-0.05, 0) is 38.5 Å². The van der Waals surface area contributed by atoms with Crippen molar-refractivity contribution in [3.8, 4) is 0 Å². The molecular formula is C15H24N2O2. The van der Waals surface area contributed by atoms with Gasteiger partial charge in [-0.1, -0.05) is 12.8 Å². The SMILES string of the molecule is O=C(NC1CCN(C(=O)C2CCC2)CC1)C1CCC1. The van der Waals surface area contributed by atoms with E-state index in [1.807, 2.05) is 4.90 Å². The van der Waals surface area contributed by atoms with E-state index in [2.05, 4.69) is 5.32 Å². The molecule has 2 saturated carbocycles. The quantitative estimate of drug-likeness (QED) is 0.843. The van der Waals surface area contributed by atoms with Crippen molar-refractivity contribution in [1.29, 1.82) is 0 Å². The normalized spacial score (nSPS) is 25.6. The number of hydrogen-bond donors (Lipinski definition) is 1. The Labute approximate surface area is 114 Å². The Morgan fingerprint density at radius 2 is 1.42 bits per heavy atom. The second-order valence-electron chi connectivity index (χ2n) is 6.36. The standard InChI is InChI=1S/C15H24N2O2/c18-14(11-3-1-4-11)16-13-7-9-17(10-8-13)15(19)12-5-2-6-12/h11-13H,1-10H2,(H,16,18). The molecule has 2 aliphatic carbocycles.